The number of rotatable bonds is 3. The van der Waals surface area contributed by atoms with Crippen LogP contribution in [0.15, 0.2) is 16.9 Å². The predicted molar refractivity (Wildman–Crippen MR) is 61.0 cm³/mol. The summed E-state index contributed by atoms with van der Waals surface area (Å²) in [5.74, 6) is 0.225. The Hall–Kier alpha value is -1.09. The van der Waals surface area contributed by atoms with Crippen LogP contribution in [0.25, 0.3) is 0 Å². The summed E-state index contributed by atoms with van der Waals surface area (Å²) in [6, 6.07) is 3.19. The van der Waals surface area contributed by atoms with E-state index in [9.17, 15) is 9.90 Å². The first-order valence-corrected chi connectivity index (χ1v) is 5.28. The molecule has 0 fully saturated rings. The van der Waals surface area contributed by atoms with Gasteiger partial charge in [-0.3, -0.25) is 4.79 Å². The zero-order valence-corrected chi connectivity index (χ0v) is 9.82. The van der Waals surface area contributed by atoms with E-state index in [2.05, 4.69) is 0 Å². The number of aliphatic hydroxyl groups is 1. The molecule has 0 amide bonds. The summed E-state index contributed by atoms with van der Waals surface area (Å²) in [5.41, 5.74) is 1.83. The molecule has 1 aromatic heterocycles. The van der Waals surface area contributed by atoms with E-state index in [0.717, 1.165) is 11.4 Å². The number of aliphatic hydroxyl groups excluding tert-OH is 1. The van der Waals surface area contributed by atoms with Gasteiger partial charge in [-0.25, -0.2) is 0 Å². The molecule has 3 nitrogen and oxygen atoms in total. The van der Waals surface area contributed by atoms with Crippen molar-refractivity contribution in [1.29, 1.82) is 0 Å². The van der Waals surface area contributed by atoms with Crippen molar-refractivity contribution >= 4 is 0 Å². The Morgan fingerprint density at radius 3 is 2.13 bits per heavy atom. The van der Waals surface area contributed by atoms with Crippen LogP contribution in [0.4, 0.5) is 0 Å². The maximum atomic E-state index is 11.2. The van der Waals surface area contributed by atoms with Gasteiger partial charge in [0.1, 0.15) is 0 Å². The summed E-state index contributed by atoms with van der Waals surface area (Å²) in [5, 5.41) is 9.80. The van der Waals surface area contributed by atoms with Crippen LogP contribution >= 0.6 is 0 Å². The van der Waals surface area contributed by atoms with Crippen LogP contribution in [0.1, 0.15) is 25.2 Å². The SMILES string of the molecule is Cc1cc(=O)cc(C)n1CC(O)C(C)C. The second kappa shape index (κ2) is 4.62. The van der Waals surface area contributed by atoms with Gasteiger partial charge in [0.25, 0.3) is 0 Å². The Morgan fingerprint density at radius 2 is 1.73 bits per heavy atom. The van der Waals surface area contributed by atoms with Crippen molar-refractivity contribution < 1.29 is 5.11 Å². The van der Waals surface area contributed by atoms with Gasteiger partial charge in [-0.2, -0.15) is 0 Å². The van der Waals surface area contributed by atoms with Gasteiger partial charge >= 0.3 is 0 Å². The third kappa shape index (κ3) is 2.93. The van der Waals surface area contributed by atoms with E-state index in [0.29, 0.717) is 6.54 Å². The molecule has 1 heterocycles. The van der Waals surface area contributed by atoms with Crippen molar-refractivity contribution in [3.8, 4) is 0 Å². The lowest BCUT2D eigenvalue weighted by molar-refractivity contribution is 0.105. The van der Waals surface area contributed by atoms with Crippen molar-refractivity contribution in [1.82, 2.24) is 4.57 Å². The minimum Gasteiger partial charge on any atom is -0.391 e. The van der Waals surface area contributed by atoms with Gasteiger partial charge in [-0.15, -0.1) is 0 Å². The molecule has 84 valence electrons. The number of aromatic nitrogens is 1. The molecule has 0 radical (unpaired) electrons. The highest BCUT2D eigenvalue weighted by atomic mass is 16.3. The number of aryl methyl sites for hydroxylation is 2. The third-order valence-corrected chi connectivity index (χ3v) is 2.69. The maximum absolute atomic E-state index is 11.2. The Balaban J connectivity index is 3.00. The van der Waals surface area contributed by atoms with Crippen molar-refractivity contribution in [2.45, 2.75) is 40.3 Å². The first kappa shape index (κ1) is 12.0. The molecule has 1 N–H and O–H groups in total. The minimum absolute atomic E-state index is 0.0280. The van der Waals surface area contributed by atoms with Gasteiger partial charge in [-0.1, -0.05) is 13.8 Å². The van der Waals surface area contributed by atoms with Gasteiger partial charge in [0.2, 0.25) is 0 Å². The molecule has 1 aromatic rings. The van der Waals surface area contributed by atoms with E-state index < -0.39 is 0 Å². The van der Waals surface area contributed by atoms with Crippen LogP contribution in [0.5, 0.6) is 0 Å². The molecule has 0 aliphatic carbocycles. The fraction of sp³-hybridized carbons (Fsp3) is 0.583. The molecule has 1 atom stereocenters. The lowest BCUT2D eigenvalue weighted by atomic mass is 10.1. The molecule has 1 unspecified atom stereocenters. The van der Waals surface area contributed by atoms with Gasteiger partial charge < -0.3 is 9.67 Å². The molecule has 3 heteroatoms. The summed E-state index contributed by atoms with van der Waals surface area (Å²) >= 11 is 0. The third-order valence-electron chi connectivity index (χ3n) is 2.69. The molecule has 0 saturated heterocycles. The molecule has 0 aromatic carbocycles. The van der Waals surface area contributed by atoms with Crippen molar-refractivity contribution in [3.05, 3.63) is 33.7 Å². The molecule has 0 aliphatic rings. The Morgan fingerprint density at radius 1 is 1.27 bits per heavy atom. The molecule has 1 rings (SSSR count). The van der Waals surface area contributed by atoms with E-state index in [1.165, 1.54) is 0 Å². The standard InChI is InChI=1S/C12H19NO2/c1-8(2)12(15)7-13-9(3)5-11(14)6-10(13)4/h5-6,8,12,15H,7H2,1-4H3. The molecular weight excluding hydrogens is 190 g/mol. The van der Waals surface area contributed by atoms with Crippen LogP contribution < -0.4 is 5.43 Å². The average Bonchev–Trinajstić information content (AvgIpc) is 2.10. The highest BCUT2D eigenvalue weighted by Gasteiger charge is 2.11. The normalized spacial score (nSPS) is 13.2. The van der Waals surface area contributed by atoms with Crippen LogP contribution in [-0.4, -0.2) is 15.8 Å². The van der Waals surface area contributed by atoms with Crippen LogP contribution in [0.2, 0.25) is 0 Å². The number of hydrogen-bond acceptors (Lipinski definition) is 2. The Kier molecular flexibility index (Phi) is 3.69. The molecular formula is C12H19NO2. The number of pyridine rings is 1. The van der Waals surface area contributed by atoms with Gasteiger partial charge in [0.15, 0.2) is 5.43 Å². The summed E-state index contributed by atoms with van der Waals surface area (Å²) in [6.07, 6.45) is -0.370. The monoisotopic (exact) mass is 209 g/mol. The second-order valence-corrected chi connectivity index (χ2v) is 4.40. The maximum Gasteiger partial charge on any atom is 0.182 e. The van der Waals surface area contributed by atoms with E-state index in [4.69, 9.17) is 0 Å². The van der Waals surface area contributed by atoms with Crippen LogP contribution in [-0.2, 0) is 6.54 Å². The molecule has 0 saturated carbocycles. The highest BCUT2D eigenvalue weighted by Crippen LogP contribution is 2.08. The largest absolute Gasteiger partial charge is 0.391 e. The lowest BCUT2D eigenvalue weighted by Crippen LogP contribution is -2.25. The first-order chi connectivity index (χ1) is 6.91. The van der Waals surface area contributed by atoms with Gasteiger partial charge in [0.05, 0.1) is 6.10 Å². The van der Waals surface area contributed by atoms with Crippen molar-refractivity contribution in [2.75, 3.05) is 0 Å². The fourth-order valence-corrected chi connectivity index (χ4v) is 1.57. The second-order valence-electron chi connectivity index (χ2n) is 4.40. The Bertz CT molecular complexity index is 367. The highest BCUT2D eigenvalue weighted by molar-refractivity contribution is 5.12. The number of nitrogens with zero attached hydrogens (tertiary/aromatic N) is 1. The first-order valence-electron chi connectivity index (χ1n) is 5.28. The molecule has 0 bridgehead atoms. The van der Waals surface area contributed by atoms with E-state index in [-0.39, 0.29) is 17.5 Å². The topological polar surface area (TPSA) is 42.2 Å². The molecule has 0 spiro atoms. The zero-order chi connectivity index (χ0) is 11.6. The zero-order valence-electron chi connectivity index (χ0n) is 9.82. The average molecular weight is 209 g/mol. The molecule has 0 aliphatic heterocycles. The minimum atomic E-state index is -0.370. The summed E-state index contributed by atoms with van der Waals surface area (Å²) in [4.78, 5) is 11.2. The van der Waals surface area contributed by atoms with Crippen LogP contribution in [0, 0.1) is 19.8 Å². The van der Waals surface area contributed by atoms with E-state index in [1.54, 1.807) is 12.1 Å². The predicted octanol–water partition coefficient (Wildman–Crippen LogP) is 1.48. The summed E-state index contributed by atoms with van der Waals surface area (Å²) in [7, 11) is 0. The molecule has 15 heavy (non-hydrogen) atoms. The van der Waals surface area contributed by atoms with E-state index in [1.807, 2.05) is 32.3 Å². The van der Waals surface area contributed by atoms with E-state index >= 15 is 0 Å². The van der Waals surface area contributed by atoms with Crippen molar-refractivity contribution in [3.63, 3.8) is 0 Å². The smallest absolute Gasteiger partial charge is 0.182 e. The lowest BCUT2D eigenvalue weighted by Gasteiger charge is -2.20. The quantitative estimate of drug-likeness (QED) is 0.819. The summed E-state index contributed by atoms with van der Waals surface area (Å²) < 4.78 is 1.98. The number of hydrogen-bond donors (Lipinski definition) is 1. The van der Waals surface area contributed by atoms with Crippen molar-refractivity contribution in [2.24, 2.45) is 5.92 Å². The fourth-order valence-electron chi connectivity index (χ4n) is 1.57. The Labute approximate surface area is 90.4 Å². The van der Waals surface area contributed by atoms with Gasteiger partial charge in [0, 0.05) is 30.1 Å². The summed E-state index contributed by atoms with van der Waals surface area (Å²) in [6.45, 7) is 8.30. The van der Waals surface area contributed by atoms with Gasteiger partial charge in [-0.05, 0) is 19.8 Å². The van der Waals surface area contributed by atoms with Crippen LogP contribution in [0.3, 0.4) is 0 Å².